The van der Waals surface area contributed by atoms with Gasteiger partial charge in [0.15, 0.2) is 0 Å². The summed E-state index contributed by atoms with van der Waals surface area (Å²) in [6.07, 6.45) is 4.01. The minimum atomic E-state index is -0.273. The zero-order valence-corrected chi connectivity index (χ0v) is 11.7. The third kappa shape index (κ3) is 5.56. The minimum absolute atomic E-state index is 0.136. The molecule has 20 heavy (non-hydrogen) atoms. The number of benzene rings is 1. The van der Waals surface area contributed by atoms with Crippen molar-refractivity contribution in [1.82, 2.24) is 4.90 Å². The highest BCUT2D eigenvalue weighted by Gasteiger charge is 2.06. The van der Waals surface area contributed by atoms with E-state index in [1.165, 1.54) is 13.2 Å². The maximum Gasteiger partial charge on any atom is 0.305 e. The van der Waals surface area contributed by atoms with Crippen molar-refractivity contribution in [3.05, 3.63) is 35.9 Å². The molecule has 0 aliphatic carbocycles. The molecule has 5 heteroatoms. The van der Waals surface area contributed by atoms with Crippen LogP contribution in [0.3, 0.4) is 0 Å². The molecule has 1 aromatic carbocycles. The predicted molar refractivity (Wildman–Crippen MR) is 76.0 cm³/mol. The van der Waals surface area contributed by atoms with E-state index < -0.39 is 0 Å². The van der Waals surface area contributed by atoms with Gasteiger partial charge in [0.1, 0.15) is 5.75 Å². The number of rotatable bonds is 6. The van der Waals surface area contributed by atoms with Gasteiger partial charge in [-0.25, -0.2) is 0 Å². The summed E-state index contributed by atoms with van der Waals surface area (Å²) >= 11 is 0. The Kier molecular flexibility index (Phi) is 6.29. The lowest BCUT2D eigenvalue weighted by atomic mass is 10.2. The number of nitrogens with zero attached hydrogens (tertiary/aromatic N) is 1. The van der Waals surface area contributed by atoms with Crippen molar-refractivity contribution < 1.29 is 19.4 Å². The average Bonchev–Trinajstić information content (AvgIpc) is 2.45. The first-order valence-electron chi connectivity index (χ1n) is 6.32. The number of aromatic hydroxyl groups is 1. The molecule has 0 fully saturated rings. The summed E-state index contributed by atoms with van der Waals surface area (Å²) in [6, 6.07) is 6.56. The fourth-order valence-electron chi connectivity index (χ4n) is 1.55. The summed E-state index contributed by atoms with van der Waals surface area (Å²) in [7, 11) is 3.03. The second-order valence-electron chi connectivity index (χ2n) is 4.36. The Morgan fingerprint density at radius 3 is 2.55 bits per heavy atom. The van der Waals surface area contributed by atoms with Crippen molar-refractivity contribution in [2.75, 3.05) is 20.7 Å². The molecule has 0 spiro atoms. The number of ether oxygens (including phenoxy) is 1. The van der Waals surface area contributed by atoms with Crippen LogP contribution in [0.2, 0.25) is 0 Å². The summed E-state index contributed by atoms with van der Waals surface area (Å²) < 4.78 is 4.53. The number of carbonyl (C=O) groups excluding carboxylic acids is 2. The van der Waals surface area contributed by atoms with Crippen LogP contribution in [0.25, 0.3) is 6.08 Å². The van der Waals surface area contributed by atoms with Gasteiger partial charge in [0, 0.05) is 26.1 Å². The zero-order valence-electron chi connectivity index (χ0n) is 11.7. The van der Waals surface area contributed by atoms with E-state index in [1.807, 2.05) is 0 Å². The SMILES string of the molecule is COC(=O)CCCN(C)C(=O)C=Cc1ccc(O)cc1. The highest BCUT2D eigenvalue weighted by molar-refractivity contribution is 5.91. The van der Waals surface area contributed by atoms with Crippen molar-refractivity contribution in [1.29, 1.82) is 0 Å². The Labute approximate surface area is 118 Å². The lowest BCUT2D eigenvalue weighted by Crippen LogP contribution is -2.26. The number of phenolic OH excluding ortho intramolecular Hbond substituents is 1. The predicted octanol–water partition coefficient (Wildman–Crippen LogP) is 1.82. The molecule has 1 aromatic rings. The molecule has 0 aliphatic rings. The summed E-state index contributed by atoms with van der Waals surface area (Å²) in [5.74, 6) is -0.221. The first-order valence-corrected chi connectivity index (χ1v) is 6.32. The molecule has 1 rings (SSSR count). The van der Waals surface area contributed by atoms with Crippen molar-refractivity contribution in [2.45, 2.75) is 12.8 Å². The van der Waals surface area contributed by atoms with E-state index in [0.29, 0.717) is 19.4 Å². The van der Waals surface area contributed by atoms with Crippen LogP contribution < -0.4 is 0 Å². The van der Waals surface area contributed by atoms with Crippen molar-refractivity contribution in [2.24, 2.45) is 0 Å². The quantitative estimate of drug-likeness (QED) is 0.636. The Morgan fingerprint density at radius 2 is 1.95 bits per heavy atom. The van der Waals surface area contributed by atoms with Crippen LogP contribution in [-0.4, -0.2) is 42.6 Å². The number of hydrogen-bond acceptors (Lipinski definition) is 4. The Balaban J connectivity index is 2.41. The number of carbonyl (C=O) groups is 2. The number of methoxy groups -OCH3 is 1. The molecular weight excluding hydrogens is 258 g/mol. The van der Waals surface area contributed by atoms with E-state index in [4.69, 9.17) is 5.11 Å². The van der Waals surface area contributed by atoms with Gasteiger partial charge in [0.05, 0.1) is 7.11 Å². The van der Waals surface area contributed by atoms with Crippen LogP contribution in [0, 0.1) is 0 Å². The zero-order chi connectivity index (χ0) is 15.0. The molecule has 0 heterocycles. The first kappa shape index (κ1) is 15.8. The van der Waals surface area contributed by atoms with Gasteiger partial charge >= 0.3 is 5.97 Å². The molecule has 0 unspecified atom stereocenters. The number of amides is 1. The van der Waals surface area contributed by atoms with Crippen LogP contribution in [0.1, 0.15) is 18.4 Å². The van der Waals surface area contributed by atoms with E-state index in [1.54, 1.807) is 42.3 Å². The van der Waals surface area contributed by atoms with Crippen LogP contribution in [0.4, 0.5) is 0 Å². The van der Waals surface area contributed by atoms with Crippen molar-refractivity contribution in [3.8, 4) is 5.75 Å². The molecule has 1 amide bonds. The van der Waals surface area contributed by atoms with E-state index in [2.05, 4.69) is 4.74 Å². The lowest BCUT2D eigenvalue weighted by Gasteiger charge is -2.14. The maximum absolute atomic E-state index is 11.8. The second kappa shape index (κ2) is 7.99. The molecule has 0 bridgehead atoms. The van der Waals surface area contributed by atoms with Crippen LogP contribution >= 0.6 is 0 Å². The van der Waals surface area contributed by atoms with Crippen molar-refractivity contribution >= 4 is 18.0 Å². The summed E-state index contributed by atoms with van der Waals surface area (Å²) in [5, 5.41) is 9.15. The summed E-state index contributed by atoms with van der Waals surface area (Å²) in [4.78, 5) is 24.3. The van der Waals surface area contributed by atoms with E-state index >= 15 is 0 Å². The normalized spacial score (nSPS) is 10.5. The van der Waals surface area contributed by atoms with E-state index in [9.17, 15) is 9.59 Å². The van der Waals surface area contributed by atoms with Gasteiger partial charge in [-0.3, -0.25) is 9.59 Å². The van der Waals surface area contributed by atoms with Gasteiger partial charge in [0.2, 0.25) is 5.91 Å². The number of esters is 1. The standard InChI is InChI=1S/C15H19NO4/c1-16(11-3-4-15(19)20-2)14(18)10-7-12-5-8-13(17)9-6-12/h5-10,17H,3-4,11H2,1-2H3. The Morgan fingerprint density at radius 1 is 1.30 bits per heavy atom. The fraction of sp³-hybridized carbons (Fsp3) is 0.333. The van der Waals surface area contributed by atoms with E-state index in [-0.39, 0.29) is 17.6 Å². The molecule has 0 saturated carbocycles. The first-order chi connectivity index (χ1) is 9.52. The molecular formula is C15H19NO4. The van der Waals surface area contributed by atoms with Crippen molar-refractivity contribution in [3.63, 3.8) is 0 Å². The fourth-order valence-corrected chi connectivity index (χ4v) is 1.55. The number of phenols is 1. The molecule has 5 nitrogen and oxygen atoms in total. The number of likely N-dealkylation sites (N-methyl/N-ethyl adjacent to an activating group) is 1. The van der Waals surface area contributed by atoms with Gasteiger partial charge in [0.25, 0.3) is 0 Å². The third-order valence-electron chi connectivity index (χ3n) is 2.79. The molecule has 0 radical (unpaired) electrons. The monoisotopic (exact) mass is 277 g/mol. The van der Waals surface area contributed by atoms with Crippen LogP contribution in [-0.2, 0) is 14.3 Å². The highest BCUT2D eigenvalue weighted by atomic mass is 16.5. The molecule has 0 saturated heterocycles. The molecule has 1 N–H and O–H groups in total. The Hall–Kier alpha value is -2.30. The minimum Gasteiger partial charge on any atom is -0.508 e. The Bertz CT molecular complexity index is 479. The largest absolute Gasteiger partial charge is 0.508 e. The highest BCUT2D eigenvalue weighted by Crippen LogP contribution is 2.10. The van der Waals surface area contributed by atoms with Crippen LogP contribution in [0.5, 0.6) is 5.75 Å². The molecule has 0 aliphatic heterocycles. The second-order valence-corrected chi connectivity index (χ2v) is 4.36. The topological polar surface area (TPSA) is 66.8 Å². The van der Waals surface area contributed by atoms with Gasteiger partial charge in [-0.15, -0.1) is 0 Å². The summed E-state index contributed by atoms with van der Waals surface area (Å²) in [5.41, 5.74) is 0.833. The smallest absolute Gasteiger partial charge is 0.305 e. The lowest BCUT2D eigenvalue weighted by molar-refractivity contribution is -0.141. The average molecular weight is 277 g/mol. The van der Waals surface area contributed by atoms with Gasteiger partial charge in [-0.05, 0) is 30.2 Å². The van der Waals surface area contributed by atoms with Gasteiger partial charge in [-0.2, -0.15) is 0 Å². The molecule has 108 valence electrons. The molecule has 0 aromatic heterocycles. The summed E-state index contributed by atoms with van der Waals surface area (Å²) in [6.45, 7) is 0.494. The molecule has 0 atom stereocenters. The van der Waals surface area contributed by atoms with Gasteiger partial charge < -0.3 is 14.7 Å². The third-order valence-corrected chi connectivity index (χ3v) is 2.79. The number of hydrogen-bond donors (Lipinski definition) is 1. The van der Waals surface area contributed by atoms with Crippen LogP contribution in [0.15, 0.2) is 30.3 Å². The van der Waals surface area contributed by atoms with E-state index in [0.717, 1.165) is 5.56 Å². The van der Waals surface area contributed by atoms with Gasteiger partial charge in [-0.1, -0.05) is 12.1 Å². The maximum atomic E-state index is 11.8.